The Kier molecular flexibility index (Phi) is 5.82. The van der Waals surface area contributed by atoms with Gasteiger partial charge in [-0.15, -0.1) is 0 Å². The zero-order valence-electron chi connectivity index (χ0n) is 22.1. The van der Waals surface area contributed by atoms with Gasteiger partial charge in [0.15, 0.2) is 5.69 Å². The summed E-state index contributed by atoms with van der Waals surface area (Å²) >= 11 is 0. The van der Waals surface area contributed by atoms with Crippen LogP contribution in [0.15, 0.2) is 42.6 Å². The number of hydrogen-bond acceptors (Lipinski definition) is 5. The molecule has 4 heterocycles. The van der Waals surface area contributed by atoms with E-state index in [4.69, 9.17) is 4.74 Å². The molecule has 0 radical (unpaired) electrons. The van der Waals surface area contributed by atoms with E-state index in [2.05, 4.69) is 22.1 Å². The van der Waals surface area contributed by atoms with Crippen molar-refractivity contribution in [3.8, 4) is 5.75 Å². The van der Waals surface area contributed by atoms with Crippen LogP contribution in [0.1, 0.15) is 45.6 Å². The molecular weight excluding hydrogens is 497 g/mol. The van der Waals surface area contributed by atoms with E-state index in [0.29, 0.717) is 49.8 Å². The van der Waals surface area contributed by atoms with Gasteiger partial charge in [-0.1, -0.05) is 18.2 Å². The van der Waals surface area contributed by atoms with Gasteiger partial charge in [0.05, 0.1) is 18.3 Å². The summed E-state index contributed by atoms with van der Waals surface area (Å²) in [6.45, 7) is 3.31. The minimum atomic E-state index is -0.277. The van der Waals surface area contributed by atoms with Crippen LogP contribution in [0, 0.1) is 11.7 Å². The maximum atomic E-state index is 14.2. The third-order valence-electron chi connectivity index (χ3n) is 8.51. The second-order valence-corrected chi connectivity index (χ2v) is 11.3. The van der Waals surface area contributed by atoms with E-state index in [1.54, 1.807) is 22.9 Å². The summed E-state index contributed by atoms with van der Waals surface area (Å²) in [6, 6.07) is 10.8. The molecule has 1 fully saturated rings. The Hall–Kier alpha value is -3.88. The van der Waals surface area contributed by atoms with Crippen molar-refractivity contribution in [2.75, 3.05) is 38.2 Å². The second kappa shape index (κ2) is 9.39. The van der Waals surface area contributed by atoms with E-state index in [1.807, 2.05) is 23.0 Å². The third kappa shape index (κ3) is 4.43. The van der Waals surface area contributed by atoms with E-state index >= 15 is 0 Å². The molecule has 0 bridgehead atoms. The lowest BCUT2D eigenvalue weighted by Gasteiger charge is -2.34. The van der Waals surface area contributed by atoms with Gasteiger partial charge >= 0.3 is 0 Å². The van der Waals surface area contributed by atoms with Crippen molar-refractivity contribution in [2.24, 2.45) is 5.92 Å². The normalized spacial score (nSPS) is 20.6. The highest BCUT2D eigenvalue weighted by molar-refractivity contribution is 5.95. The molecule has 3 aromatic rings. The molecule has 202 valence electrons. The first-order valence-corrected chi connectivity index (χ1v) is 13.8. The van der Waals surface area contributed by atoms with Crippen LogP contribution in [0.25, 0.3) is 0 Å². The van der Waals surface area contributed by atoms with Crippen LogP contribution >= 0.6 is 0 Å². The van der Waals surface area contributed by atoms with Gasteiger partial charge in [-0.2, -0.15) is 5.10 Å². The van der Waals surface area contributed by atoms with Gasteiger partial charge in [0.1, 0.15) is 18.2 Å². The molecular formula is C30H32FN5O3. The first-order chi connectivity index (χ1) is 18.9. The monoisotopic (exact) mass is 529 g/mol. The highest BCUT2D eigenvalue weighted by Gasteiger charge is 2.37. The smallest absolute Gasteiger partial charge is 0.275 e. The fourth-order valence-electron chi connectivity index (χ4n) is 6.14. The van der Waals surface area contributed by atoms with Gasteiger partial charge in [-0.05, 0) is 55.0 Å². The summed E-state index contributed by atoms with van der Waals surface area (Å²) in [5.41, 5.74) is 5.30. The average molecular weight is 530 g/mol. The minimum Gasteiger partial charge on any atom is -0.489 e. The Morgan fingerprint density at radius 2 is 1.92 bits per heavy atom. The van der Waals surface area contributed by atoms with Crippen molar-refractivity contribution in [1.29, 1.82) is 0 Å². The van der Waals surface area contributed by atoms with Gasteiger partial charge in [0, 0.05) is 56.5 Å². The van der Waals surface area contributed by atoms with E-state index in [9.17, 15) is 14.0 Å². The Labute approximate surface area is 226 Å². The topological polar surface area (TPSA) is 70.9 Å². The van der Waals surface area contributed by atoms with E-state index in [-0.39, 0.29) is 30.2 Å². The number of anilines is 1. The van der Waals surface area contributed by atoms with Gasteiger partial charge in [0.25, 0.3) is 5.91 Å². The summed E-state index contributed by atoms with van der Waals surface area (Å²) < 4.78 is 22.2. The molecule has 1 atom stereocenters. The quantitative estimate of drug-likeness (QED) is 0.519. The molecule has 0 unspecified atom stereocenters. The van der Waals surface area contributed by atoms with Gasteiger partial charge in [-0.3, -0.25) is 14.3 Å². The fourth-order valence-corrected chi connectivity index (χ4v) is 6.14. The maximum absolute atomic E-state index is 14.2. The number of nitrogens with zero attached hydrogens (tertiary/aromatic N) is 5. The van der Waals surface area contributed by atoms with Crippen LogP contribution in [0.3, 0.4) is 0 Å². The number of aromatic nitrogens is 2. The molecule has 4 aliphatic rings. The standard InChI is InChI=1S/C30H32FN5O3/c1-33-17-24(18-39-27-13-20-8-10-34(29(37)19-6-7-19)14-23(20)12-26(27)33)36-11-9-22-16-35(32-28(22)30(36)38)15-21-4-2-3-5-25(21)31/h2-5,12-13,16,19,24H,6-11,14-15,17-18H2,1H3/t24-/m0/s1. The van der Waals surface area contributed by atoms with Crippen LogP contribution in [0.5, 0.6) is 5.75 Å². The first kappa shape index (κ1) is 24.2. The number of ether oxygens (including phenoxy) is 1. The number of amides is 2. The molecule has 1 aromatic heterocycles. The van der Waals surface area contributed by atoms with Gasteiger partial charge < -0.3 is 19.4 Å². The largest absolute Gasteiger partial charge is 0.489 e. The van der Waals surface area contributed by atoms with Gasteiger partial charge in [-0.25, -0.2) is 4.39 Å². The minimum absolute atomic E-state index is 0.106. The van der Waals surface area contributed by atoms with Crippen LogP contribution < -0.4 is 9.64 Å². The van der Waals surface area contributed by atoms with Crippen LogP contribution in [0.2, 0.25) is 0 Å². The number of fused-ring (bicyclic) bond motifs is 3. The SMILES string of the molecule is CN1C[C@H](N2CCc3cn(Cc4ccccc4F)nc3C2=O)COc2cc3c(cc21)CN(C(=O)C1CC1)CC3. The number of hydrogen-bond donors (Lipinski definition) is 0. The lowest BCUT2D eigenvalue weighted by molar-refractivity contribution is -0.133. The molecule has 0 spiro atoms. The third-order valence-corrected chi connectivity index (χ3v) is 8.51. The van der Waals surface area contributed by atoms with Crippen molar-refractivity contribution in [3.05, 3.63) is 76.4 Å². The van der Waals surface area contributed by atoms with Crippen LogP contribution in [-0.2, 0) is 30.7 Å². The van der Waals surface area contributed by atoms with E-state index in [1.165, 1.54) is 17.2 Å². The Morgan fingerprint density at radius 3 is 2.74 bits per heavy atom. The first-order valence-electron chi connectivity index (χ1n) is 13.8. The number of rotatable bonds is 4. The lowest BCUT2D eigenvalue weighted by Crippen LogP contribution is -2.51. The summed E-state index contributed by atoms with van der Waals surface area (Å²) in [4.78, 5) is 32.3. The molecule has 8 nitrogen and oxygen atoms in total. The zero-order valence-corrected chi connectivity index (χ0v) is 22.1. The lowest BCUT2D eigenvalue weighted by atomic mass is 9.97. The van der Waals surface area contributed by atoms with Gasteiger partial charge in [0.2, 0.25) is 5.91 Å². The number of carbonyl (C=O) groups is 2. The molecule has 1 saturated carbocycles. The predicted molar refractivity (Wildman–Crippen MR) is 143 cm³/mol. The molecule has 9 heteroatoms. The summed E-state index contributed by atoms with van der Waals surface area (Å²) in [5, 5.41) is 4.56. The number of halogens is 1. The van der Waals surface area contributed by atoms with Crippen LogP contribution in [-0.4, -0.2) is 70.7 Å². The summed E-state index contributed by atoms with van der Waals surface area (Å²) in [7, 11) is 2.03. The molecule has 39 heavy (non-hydrogen) atoms. The predicted octanol–water partition coefficient (Wildman–Crippen LogP) is 3.26. The average Bonchev–Trinajstić information content (AvgIpc) is 3.73. The van der Waals surface area contributed by atoms with E-state index in [0.717, 1.165) is 42.8 Å². The highest BCUT2D eigenvalue weighted by atomic mass is 19.1. The Balaban J connectivity index is 1.08. The zero-order chi connectivity index (χ0) is 26.7. The molecule has 0 N–H and O–H groups in total. The second-order valence-electron chi connectivity index (χ2n) is 11.3. The van der Waals surface area contributed by atoms with Crippen molar-refractivity contribution >= 4 is 17.5 Å². The van der Waals surface area contributed by atoms with Crippen molar-refractivity contribution in [3.63, 3.8) is 0 Å². The molecule has 2 aromatic carbocycles. The number of carbonyl (C=O) groups excluding carboxylic acids is 2. The van der Waals surface area contributed by atoms with Crippen molar-refractivity contribution < 1.29 is 18.7 Å². The molecule has 3 aliphatic heterocycles. The Morgan fingerprint density at radius 1 is 1.10 bits per heavy atom. The molecule has 7 rings (SSSR count). The molecule has 0 saturated heterocycles. The van der Waals surface area contributed by atoms with E-state index < -0.39 is 0 Å². The fraction of sp³-hybridized carbons (Fsp3) is 0.433. The summed E-state index contributed by atoms with van der Waals surface area (Å²) in [5.74, 6) is 0.971. The molecule has 1 aliphatic carbocycles. The highest BCUT2D eigenvalue weighted by Crippen LogP contribution is 2.38. The summed E-state index contributed by atoms with van der Waals surface area (Å²) in [6.07, 6.45) is 5.44. The Bertz CT molecular complexity index is 1460. The van der Waals surface area contributed by atoms with Crippen molar-refractivity contribution in [2.45, 2.75) is 44.8 Å². The van der Waals surface area contributed by atoms with Crippen molar-refractivity contribution in [1.82, 2.24) is 19.6 Å². The number of likely N-dealkylation sites (N-methyl/N-ethyl adjacent to an activating group) is 1. The number of benzene rings is 2. The maximum Gasteiger partial charge on any atom is 0.275 e. The molecule has 2 amide bonds. The van der Waals surface area contributed by atoms with Crippen LogP contribution in [0.4, 0.5) is 10.1 Å².